The predicted molar refractivity (Wildman–Crippen MR) is 394 cm³/mol. The molecule has 0 bridgehead atoms. The molecule has 2 saturated heterocycles. The molecule has 14 atom stereocenters. The van der Waals surface area contributed by atoms with Crippen molar-refractivity contribution < 1.29 is 113 Å². The van der Waals surface area contributed by atoms with Gasteiger partial charge in [0.1, 0.15) is 96.9 Å². The maximum atomic E-state index is 14.6. The highest BCUT2D eigenvalue weighted by molar-refractivity contribution is 7.52. The summed E-state index contributed by atoms with van der Waals surface area (Å²) in [4.78, 5) is 110. The summed E-state index contributed by atoms with van der Waals surface area (Å²) in [5.41, 5.74) is 22.0. The van der Waals surface area contributed by atoms with Gasteiger partial charge >= 0.3 is 63.2 Å². The Kier molecular flexibility index (Phi) is 30.4. The second-order valence-corrected chi connectivity index (χ2v) is 31.4. The summed E-state index contributed by atoms with van der Waals surface area (Å²) < 4.78 is 111. The summed E-state index contributed by atoms with van der Waals surface area (Å²) >= 11 is 0. The summed E-state index contributed by atoms with van der Waals surface area (Å²) in [6, 6.07) is 17.9. The van der Waals surface area contributed by atoms with E-state index in [1.165, 1.54) is 59.8 Å². The standard InChI is InChI=1S/2C36H48N7O12P/c2*1-19(2)32(44)52-29-28(26-13-14-27-31(39)40-18-41-43(26)27)54-36(16-37,30(29)53-33(45)20(3)4)17-50-56(48,42-22(7)34(46)49-8)55-24-11-9-23(10-12-24)15-25(38)35(47)51-21(5)6/h2*9-14,18-22,25,28-30H,15,17,38H2,1-8H3,(H,42,48)(H2,39,40,41)/t22-,25-,28-,29-,30-,36+,56+;22-,25-,28-,29-,30-,36+,56-/m00/s1. The van der Waals surface area contributed by atoms with Crippen molar-refractivity contribution in [1.29, 1.82) is 10.5 Å². The average molecular weight is 1600 g/mol. The second kappa shape index (κ2) is 38.3. The van der Waals surface area contributed by atoms with Crippen LogP contribution in [0.1, 0.15) is 132 Å². The first kappa shape index (κ1) is 89.0. The van der Waals surface area contributed by atoms with E-state index in [2.05, 4.69) is 30.3 Å². The van der Waals surface area contributed by atoms with E-state index in [1.807, 2.05) is 12.1 Å². The van der Waals surface area contributed by atoms with Crippen LogP contribution in [0, 0.1) is 46.3 Å². The zero-order valence-corrected chi connectivity index (χ0v) is 66.5. The molecule has 2 aliphatic rings. The molecule has 0 radical (unpaired) electrons. The van der Waals surface area contributed by atoms with Crippen LogP contribution in [0.15, 0.2) is 85.5 Å². The van der Waals surface area contributed by atoms with Gasteiger partial charge in [0.15, 0.2) is 36.1 Å². The van der Waals surface area contributed by atoms with Crippen LogP contribution >= 0.6 is 15.5 Å². The van der Waals surface area contributed by atoms with Gasteiger partial charge in [-0.15, -0.1) is 0 Å². The summed E-state index contributed by atoms with van der Waals surface area (Å²) in [6.45, 7) is 20.3. The quantitative estimate of drug-likeness (QED) is 0.0155. The van der Waals surface area contributed by atoms with Crippen molar-refractivity contribution in [1.82, 2.24) is 39.4 Å². The lowest BCUT2D eigenvalue weighted by atomic mass is 9.95. The number of ether oxygens (including phenoxy) is 10. The Hall–Kier alpha value is -10.2. The predicted octanol–water partition coefficient (Wildman–Crippen LogP) is 5.91. The molecule has 2 fully saturated rings. The third-order valence-corrected chi connectivity index (χ3v) is 20.1. The fourth-order valence-corrected chi connectivity index (χ4v) is 14.0. The van der Waals surface area contributed by atoms with Crippen LogP contribution in [-0.4, -0.2) is 176 Å². The van der Waals surface area contributed by atoms with E-state index in [-0.39, 0.29) is 59.6 Å². The van der Waals surface area contributed by atoms with Gasteiger partial charge in [0, 0.05) is 0 Å². The van der Waals surface area contributed by atoms with E-state index in [0.29, 0.717) is 22.2 Å². The maximum Gasteiger partial charge on any atom is 0.459 e. The van der Waals surface area contributed by atoms with Crippen LogP contribution in [-0.2, 0) is 117 Å². The Balaban J connectivity index is 0.000000311. The Morgan fingerprint density at radius 1 is 0.491 bits per heavy atom. The minimum Gasteiger partial charge on any atom is -0.468 e. The number of benzene rings is 2. The lowest BCUT2D eigenvalue weighted by molar-refractivity contribution is -0.173. The molecule has 0 amide bonds. The van der Waals surface area contributed by atoms with Crippen LogP contribution < -0.4 is 42.2 Å². The number of nitrogen functional groups attached to an aromatic ring is 2. The molecule has 8 rings (SSSR count). The zero-order valence-electron chi connectivity index (χ0n) is 64.7. The van der Waals surface area contributed by atoms with Gasteiger partial charge in [0.05, 0.1) is 61.5 Å². The topological polar surface area (TPSA) is 536 Å². The Bertz CT molecular complexity index is 4250. The first-order valence-corrected chi connectivity index (χ1v) is 38.6. The van der Waals surface area contributed by atoms with Gasteiger partial charge in [-0.25, -0.2) is 28.1 Å². The van der Waals surface area contributed by atoms with E-state index >= 15 is 0 Å². The molecular formula is C72H96N14O24P2. The molecule has 10 N–H and O–H groups in total. The van der Waals surface area contributed by atoms with E-state index in [0.717, 1.165) is 14.2 Å². The number of anilines is 2. The molecule has 0 aliphatic carbocycles. The molecule has 40 heteroatoms. The number of carbonyl (C=O) groups excluding carboxylic acids is 8. The normalized spacial score (nSPS) is 21.6. The summed E-state index contributed by atoms with van der Waals surface area (Å²) in [5, 5.41) is 35.2. The second-order valence-electron chi connectivity index (χ2n) is 28.0. The smallest absolute Gasteiger partial charge is 0.459 e. The molecule has 4 aromatic heterocycles. The molecule has 2 aliphatic heterocycles. The van der Waals surface area contributed by atoms with Crippen LogP contribution in [0.3, 0.4) is 0 Å². The number of nitrogens with zero attached hydrogens (tertiary/aromatic N) is 8. The van der Waals surface area contributed by atoms with Crippen LogP contribution in [0.4, 0.5) is 11.6 Å². The number of hydrogen-bond donors (Lipinski definition) is 6. The summed E-state index contributed by atoms with van der Waals surface area (Å²) in [5.74, 6) is -8.28. The maximum absolute atomic E-state index is 14.6. The lowest BCUT2D eigenvalue weighted by Gasteiger charge is -2.31. The van der Waals surface area contributed by atoms with Crippen molar-refractivity contribution in [3.63, 3.8) is 0 Å². The van der Waals surface area contributed by atoms with Crippen LogP contribution in [0.5, 0.6) is 11.5 Å². The van der Waals surface area contributed by atoms with Crippen LogP contribution in [0.25, 0.3) is 11.0 Å². The largest absolute Gasteiger partial charge is 0.468 e. The van der Waals surface area contributed by atoms with Gasteiger partial charge in [-0.1, -0.05) is 79.7 Å². The van der Waals surface area contributed by atoms with Gasteiger partial charge < -0.3 is 79.4 Å². The molecule has 608 valence electrons. The number of nitriles is 2. The average Bonchev–Trinajstić information content (AvgIpc) is 1.58. The number of fused-ring (bicyclic) bond motifs is 2. The first-order valence-electron chi connectivity index (χ1n) is 35.5. The van der Waals surface area contributed by atoms with Crippen LogP contribution in [0.2, 0.25) is 0 Å². The third kappa shape index (κ3) is 22.1. The number of nitrogens with one attached hydrogen (secondary N) is 2. The Labute approximate surface area is 645 Å². The zero-order chi connectivity index (χ0) is 83.1. The van der Waals surface area contributed by atoms with Crippen molar-refractivity contribution in [2.24, 2.45) is 35.1 Å². The van der Waals surface area contributed by atoms with Crippen molar-refractivity contribution in [3.8, 4) is 23.6 Å². The number of aromatic nitrogens is 6. The first-order chi connectivity index (χ1) is 52.7. The fourth-order valence-electron chi connectivity index (χ4n) is 11.0. The highest BCUT2D eigenvalue weighted by Crippen LogP contribution is 2.53. The minimum atomic E-state index is -4.69. The number of methoxy groups -OCH3 is 2. The van der Waals surface area contributed by atoms with Crippen molar-refractivity contribution in [2.75, 3.05) is 38.9 Å². The Morgan fingerprint density at radius 2 is 0.812 bits per heavy atom. The van der Waals surface area contributed by atoms with E-state index in [9.17, 15) is 58.0 Å². The van der Waals surface area contributed by atoms with Crippen molar-refractivity contribution >= 4 is 85.9 Å². The molecule has 0 saturated carbocycles. The van der Waals surface area contributed by atoms with E-state index in [1.54, 1.807) is 132 Å². The fraction of sp³-hybridized carbons (Fsp3) is 0.528. The van der Waals surface area contributed by atoms with E-state index < -0.39 is 172 Å². The van der Waals surface area contributed by atoms with Crippen molar-refractivity contribution in [2.45, 2.75) is 194 Å². The molecule has 0 spiro atoms. The molecular weight excluding hydrogens is 1510 g/mol. The molecule has 38 nitrogen and oxygen atoms in total. The van der Waals surface area contributed by atoms with Gasteiger partial charge in [0.2, 0.25) is 11.2 Å². The number of esters is 8. The summed E-state index contributed by atoms with van der Waals surface area (Å²) in [7, 11) is -7.12. The summed E-state index contributed by atoms with van der Waals surface area (Å²) in [6.07, 6.45) is -7.01. The Morgan fingerprint density at radius 3 is 1.11 bits per heavy atom. The third-order valence-electron chi connectivity index (χ3n) is 16.9. The van der Waals surface area contributed by atoms with Gasteiger partial charge in [-0.3, -0.25) is 47.4 Å². The number of rotatable bonds is 34. The molecule has 6 aromatic rings. The monoisotopic (exact) mass is 1600 g/mol. The molecule has 6 heterocycles. The van der Waals surface area contributed by atoms with Gasteiger partial charge in [0.25, 0.3) is 0 Å². The van der Waals surface area contributed by atoms with Crippen molar-refractivity contribution in [3.05, 3.63) is 108 Å². The lowest BCUT2D eigenvalue weighted by Crippen LogP contribution is -2.50. The van der Waals surface area contributed by atoms with E-state index in [4.69, 9.17) is 88.4 Å². The molecule has 112 heavy (non-hydrogen) atoms. The molecule has 2 aromatic carbocycles. The highest BCUT2D eigenvalue weighted by Gasteiger charge is 2.64. The van der Waals surface area contributed by atoms with Gasteiger partial charge in [-0.2, -0.15) is 30.9 Å². The number of hydrogen-bond acceptors (Lipinski definition) is 34. The molecule has 0 unspecified atom stereocenters. The number of carbonyl (C=O) groups is 8. The highest BCUT2D eigenvalue weighted by atomic mass is 31.2. The minimum absolute atomic E-state index is 0.0142. The number of nitrogens with two attached hydrogens (primary N) is 4. The van der Waals surface area contributed by atoms with Gasteiger partial charge in [-0.05, 0) is 114 Å². The SMILES string of the molecule is COC(=O)[C@H](C)N[P@@](=O)(OC[C@@]1(C#N)O[C@@H](c2ccc3c(N)ncnn23)[C@H](OC(=O)C(C)C)[C@@H]1OC(=O)C(C)C)Oc1ccc(C[C@H](N)C(=O)OC(C)C)cc1.COC(=O)[C@H](C)N[P@](=O)(OC[C@@]1(C#N)O[C@@H](c2ccc3c(N)ncnn23)[C@H](OC(=O)C(C)C)[C@@H]1OC(=O)C(C)C)Oc1ccc(C[C@H](N)C(=O)OC(C)C)cc1.